The van der Waals surface area contributed by atoms with Crippen LogP contribution >= 0.6 is 11.3 Å². The van der Waals surface area contributed by atoms with Gasteiger partial charge in [0.2, 0.25) is 0 Å². The van der Waals surface area contributed by atoms with Crippen molar-refractivity contribution in [2.75, 3.05) is 0 Å². The largest absolute Gasteiger partial charge is 0.152 e. The number of unbranched alkanes of at least 4 members (excludes halogenated alkanes) is 5. The Labute approximate surface area is 98.7 Å². The standard InChI is InChI=1S/C14H24S/c1-3-5-6-7-8-9-10-14-12-15-11-13(14)4-2/h11-12H,3-10H2,1-2H3. The highest BCUT2D eigenvalue weighted by Gasteiger charge is 2.01. The van der Waals surface area contributed by atoms with Crippen molar-refractivity contribution in [3.8, 4) is 0 Å². The molecule has 0 aliphatic heterocycles. The molecule has 0 unspecified atom stereocenters. The van der Waals surface area contributed by atoms with Crippen LogP contribution in [-0.2, 0) is 12.8 Å². The van der Waals surface area contributed by atoms with Gasteiger partial charge >= 0.3 is 0 Å². The quantitative estimate of drug-likeness (QED) is 0.531. The summed E-state index contributed by atoms with van der Waals surface area (Å²) < 4.78 is 0. The fourth-order valence-corrected chi connectivity index (χ4v) is 2.96. The van der Waals surface area contributed by atoms with Crippen molar-refractivity contribution in [1.29, 1.82) is 0 Å². The van der Waals surface area contributed by atoms with Crippen molar-refractivity contribution in [2.24, 2.45) is 0 Å². The molecule has 1 heteroatoms. The van der Waals surface area contributed by atoms with E-state index in [0.29, 0.717) is 0 Å². The van der Waals surface area contributed by atoms with E-state index in [-0.39, 0.29) is 0 Å². The van der Waals surface area contributed by atoms with E-state index in [9.17, 15) is 0 Å². The predicted molar refractivity (Wildman–Crippen MR) is 70.8 cm³/mol. The minimum absolute atomic E-state index is 1.20. The molecular weight excluding hydrogens is 200 g/mol. The molecule has 0 radical (unpaired) electrons. The lowest BCUT2D eigenvalue weighted by molar-refractivity contribution is 0.607. The third-order valence-electron chi connectivity index (χ3n) is 3.01. The van der Waals surface area contributed by atoms with E-state index in [2.05, 4.69) is 24.6 Å². The van der Waals surface area contributed by atoms with Crippen LogP contribution in [0.2, 0.25) is 0 Å². The average Bonchev–Trinajstić information content (AvgIpc) is 2.70. The molecule has 86 valence electrons. The molecule has 1 heterocycles. The van der Waals surface area contributed by atoms with Crippen LogP contribution in [0.1, 0.15) is 63.5 Å². The van der Waals surface area contributed by atoms with E-state index in [1.54, 1.807) is 11.1 Å². The molecular formula is C14H24S. The van der Waals surface area contributed by atoms with Crippen LogP contribution in [-0.4, -0.2) is 0 Å². The molecule has 0 saturated carbocycles. The molecule has 0 atom stereocenters. The van der Waals surface area contributed by atoms with Crippen molar-refractivity contribution in [1.82, 2.24) is 0 Å². The Hall–Kier alpha value is -0.300. The molecule has 1 rings (SSSR count). The van der Waals surface area contributed by atoms with Gasteiger partial charge in [0, 0.05) is 0 Å². The monoisotopic (exact) mass is 224 g/mol. The number of rotatable bonds is 8. The van der Waals surface area contributed by atoms with E-state index in [1.165, 1.54) is 51.4 Å². The first-order valence-electron chi connectivity index (χ1n) is 6.42. The van der Waals surface area contributed by atoms with Gasteiger partial charge in [-0.3, -0.25) is 0 Å². The number of thiophene rings is 1. The summed E-state index contributed by atoms with van der Waals surface area (Å²) in [6.45, 7) is 4.53. The Morgan fingerprint density at radius 2 is 1.53 bits per heavy atom. The zero-order valence-electron chi connectivity index (χ0n) is 10.2. The van der Waals surface area contributed by atoms with Crippen molar-refractivity contribution < 1.29 is 0 Å². The lowest BCUT2D eigenvalue weighted by Gasteiger charge is -2.02. The summed E-state index contributed by atoms with van der Waals surface area (Å²) in [6.07, 6.45) is 10.9. The van der Waals surface area contributed by atoms with E-state index >= 15 is 0 Å². The first kappa shape index (κ1) is 12.8. The fraction of sp³-hybridized carbons (Fsp3) is 0.714. The van der Waals surface area contributed by atoms with Crippen LogP contribution in [0.25, 0.3) is 0 Å². The minimum atomic E-state index is 1.20. The molecule has 0 aromatic carbocycles. The molecule has 0 amide bonds. The molecule has 0 spiro atoms. The Morgan fingerprint density at radius 3 is 2.27 bits per heavy atom. The van der Waals surface area contributed by atoms with Gasteiger partial charge in [-0.1, -0.05) is 46.0 Å². The highest BCUT2D eigenvalue weighted by molar-refractivity contribution is 7.08. The van der Waals surface area contributed by atoms with Crippen LogP contribution in [0.5, 0.6) is 0 Å². The molecule has 1 aromatic heterocycles. The van der Waals surface area contributed by atoms with Crippen LogP contribution in [0.15, 0.2) is 10.8 Å². The van der Waals surface area contributed by atoms with Gasteiger partial charge in [0.05, 0.1) is 0 Å². The summed E-state index contributed by atoms with van der Waals surface area (Å²) in [5.74, 6) is 0. The zero-order valence-corrected chi connectivity index (χ0v) is 11.0. The molecule has 0 saturated heterocycles. The number of hydrogen-bond acceptors (Lipinski definition) is 1. The van der Waals surface area contributed by atoms with Crippen molar-refractivity contribution in [3.63, 3.8) is 0 Å². The number of aryl methyl sites for hydroxylation is 2. The normalized spacial score (nSPS) is 10.8. The van der Waals surface area contributed by atoms with E-state index in [1.807, 2.05) is 11.3 Å². The fourth-order valence-electron chi connectivity index (χ4n) is 1.98. The summed E-state index contributed by atoms with van der Waals surface area (Å²) in [6, 6.07) is 0. The van der Waals surface area contributed by atoms with Crippen LogP contribution < -0.4 is 0 Å². The highest BCUT2D eigenvalue weighted by Crippen LogP contribution is 2.18. The van der Waals surface area contributed by atoms with Gasteiger partial charge < -0.3 is 0 Å². The Kier molecular flexibility index (Phi) is 6.74. The van der Waals surface area contributed by atoms with Crippen molar-refractivity contribution in [2.45, 2.75) is 65.2 Å². The van der Waals surface area contributed by atoms with Crippen LogP contribution in [0.3, 0.4) is 0 Å². The zero-order chi connectivity index (χ0) is 10.9. The third-order valence-corrected chi connectivity index (χ3v) is 3.85. The molecule has 0 nitrogen and oxygen atoms in total. The third kappa shape index (κ3) is 4.83. The van der Waals surface area contributed by atoms with Gasteiger partial charge in [0.25, 0.3) is 0 Å². The molecule has 0 aliphatic rings. The summed E-state index contributed by atoms with van der Waals surface area (Å²) in [4.78, 5) is 0. The molecule has 1 aromatic rings. The Balaban J connectivity index is 2.09. The second kappa shape index (κ2) is 7.92. The molecule has 15 heavy (non-hydrogen) atoms. The SMILES string of the molecule is CCCCCCCCc1cscc1CC. The van der Waals surface area contributed by atoms with Crippen LogP contribution in [0, 0.1) is 0 Å². The smallest absolute Gasteiger partial charge is 0.00584 e. The van der Waals surface area contributed by atoms with Gasteiger partial charge in [0.15, 0.2) is 0 Å². The summed E-state index contributed by atoms with van der Waals surface area (Å²) in [7, 11) is 0. The van der Waals surface area contributed by atoms with Gasteiger partial charge in [-0.25, -0.2) is 0 Å². The lowest BCUT2D eigenvalue weighted by Crippen LogP contribution is -1.88. The maximum atomic E-state index is 2.34. The summed E-state index contributed by atoms with van der Waals surface area (Å²) in [5.41, 5.74) is 3.19. The van der Waals surface area contributed by atoms with E-state index in [4.69, 9.17) is 0 Å². The number of hydrogen-bond donors (Lipinski definition) is 0. The minimum Gasteiger partial charge on any atom is -0.152 e. The maximum Gasteiger partial charge on any atom is -0.00584 e. The molecule has 0 fully saturated rings. The van der Waals surface area contributed by atoms with Gasteiger partial charge in [-0.15, -0.1) is 0 Å². The second-order valence-corrected chi connectivity index (χ2v) is 5.04. The first-order chi connectivity index (χ1) is 7.38. The highest BCUT2D eigenvalue weighted by atomic mass is 32.1. The van der Waals surface area contributed by atoms with Gasteiger partial charge in [0.1, 0.15) is 0 Å². The molecule has 0 N–H and O–H groups in total. The van der Waals surface area contributed by atoms with Crippen molar-refractivity contribution >= 4 is 11.3 Å². The molecule has 0 aliphatic carbocycles. The van der Waals surface area contributed by atoms with E-state index < -0.39 is 0 Å². The van der Waals surface area contributed by atoms with E-state index in [0.717, 1.165) is 0 Å². The average molecular weight is 224 g/mol. The van der Waals surface area contributed by atoms with Crippen molar-refractivity contribution in [3.05, 3.63) is 21.9 Å². The van der Waals surface area contributed by atoms with Gasteiger partial charge in [-0.2, -0.15) is 11.3 Å². The maximum absolute atomic E-state index is 2.34. The molecule has 0 bridgehead atoms. The first-order valence-corrected chi connectivity index (χ1v) is 7.36. The Bertz CT molecular complexity index is 250. The Morgan fingerprint density at radius 1 is 0.867 bits per heavy atom. The van der Waals surface area contributed by atoms with Gasteiger partial charge in [-0.05, 0) is 41.1 Å². The lowest BCUT2D eigenvalue weighted by atomic mass is 10.0. The second-order valence-electron chi connectivity index (χ2n) is 4.29. The van der Waals surface area contributed by atoms with Crippen LogP contribution in [0.4, 0.5) is 0 Å². The predicted octanol–water partition coefficient (Wildman–Crippen LogP) is 5.21. The topological polar surface area (TPSA) is 0 Å². The summed E-state index contributed by atoms with van der Waals surface area (Å²) >= 11 is 1.86. The summed E-state index contributed by atoms with van der Waals surface area (Å²) in [5, 5.41) is 4.65.